The monoisotopic (exact) mass is 352 g/mol. The fourth-order valence-corrected chi connectivity index (χ4v) is 6.80. The highest BCUT2D eigenvalue weighted by atomic mass is 16.2. The number of nitrogens with one attached hydrogen (secondary N) is 2. The van der Waals surface area contributed by atoms with Gasteiger partial charge in [-0.3, -0.25) is 20.4 Å². The summed E-state index contributed by atoms with van der Waals surface area (Å²) >= 11 is 0. The molecule has 2 N–H and O–H groups in total. The van der Waals surface area contributed by atoms with E-state index in [9.17, 15) is 9.59 Å². The molecule has 4 nitrogen and oxygen atoms in total. The van der Waals surface area contributed by atoms with Crippen molar-refractivity contribution in [1.82, 2.24) is 10.9 Å². The van der Waals surface area contributed by atoms with Gasteiger partial charge in [0, 0.05) is 12.0 Å². The SMILES string of the molecule is O=C(CC12CC3CC(CC(C3)C1)C2)NNC(=O)c1ccc2c(c1)CCC2. The number of aryl methyl sites for hydroxylation is 2. The lowest BCUT2D eigenvalue weighted by atomic mass is 9.49. The molecule has 0 aromatic heterocycles. The Morgan fingerprint density at radius 2 is 1.58 bits per heavy atom. The lowest BCUT2D eigenvalue weighted by Gasteiger charge is -2.56. The third kappa shape index (κ3) is 2.93. The Balaban J connectivity index is 1.18. The van der Waals surface area contributed by atoms with Crippen molar-refractivity contribution in [3.8, 4) is 0 Å². The van der Waals surface area contributed by atoms with Crippen molar-refractivity contribution in [2.75, 3.05) is 0 Å². The maximum atomic E-state index is 12.5. The van der Waals surface area contributed by atoms with Crippen LogP contribution in [0.25, 0.3) is 0 Å². The summed E-state index contributed by atoms with van der Waals surface area (Å²) < 4.78 is 0. The van der Waals surface area contributed by atoms with Crippen molar-refractivity contribution < 1.29 is 9.59 Å². The second-order valence-corrected chi connectivity index (χ2v) is 9.43. The number of carbonyl (C=O) groups is 2. The van der Waals surface area contributed by atoms with Crippen LogP contribution >= 0.6 is 0 Å². The minimum absolute atomic E-state index is 0.0264. The highest BCUT2D eigenvalue weighted by Gasteiger charge is 2.51. The van der Waals surface area contributed by atoms with Gasteiger partial charge in [-0.1, -0.05) is 6.07 Å². The van der Waals surface area contributed by atoms with Crippen molar-refractivity contribution in [2.45, 2.75) is 64.2 Å². The third-order valence-corrected chi connectivity index (χ3v) is 7.38. The molecule has 0 unspecified atom stereocenters. The molecule has 4 saturated carbocycles. The van der Waals surface area contributed by atoms with Crippen molar-refractivity contribution in [2.24, 2.45) is 23.2 Å². The predicted octanol–water partition coefficient (Wildman–Crippen LogP) is 3.54. The average molecular weight is 352 g/mol. The first kappa shape index (κ1) is 16.3. The largest absolute Gasteiger partial charge is 0.273 e. The summed E-state index contributed by atoms with van der Waals surface area (Å²) in [5, 5.41) is 0. The molecule has 26 heavy (non-hydrogen) atoms. The number of hydrogen-bond acceptors (Lipinski definition) is 2. The number of hydrogen-bond donors (Lipinski definition) is 2. The van der Waals surface area contributed by atoms with E-state index >= 15 is 0 Å². The van der Waals surface area contributed by atoms with Gasteiger partial charge < -0.3 is 0 Å². The fourth-order valence-electron chi connectivity index (χ4n) is 6.80. The van der Waals surface area contributed by atoms with Crippen LogP contribution in [0, 0.1) is 23.2 Å². The van der Waals surface area contributed by atoms with E-state index in [1.807, 2.05) is 12.1 Å². The lowest BCUT2D eigenvalue weighted by Crippen LogP contribution is -2.50. The van der Waals surface area contributed by atoms with E-state index in [1.165, 1.54) is 56.1 Å². The summed E-state index contributed by atoms with van der Waals surface area (Å²) in [4.78, 5) is 24.9. The fraction of sp³-hybridized carbons (Fsp3) is 0.636. The normalized spacial score (nSPS) is 33.8. The second kappa shape index (κ2) is 6.11. The Morgan fingerprint density at radius 1 is 0.923 bits per heavy atom. The van der Waals surface area contributed by atoms with Gasteiger partial charge in [0.15, 0.2) is 0 Å². The maximum absolute atomic E-state index is 12.5. The topological polar surface area (TPSA) is 58.2 Å². The molecular formula is C22H28N2O2. The van der Waals surface area contributed by atoms with Crippen LogP contribution in [0.5, 0.6) is 0 Å². The smallest absolute Gasteiger partial charge is 0.269 e. The number of rotatable bonds is 3. The molecule has 0 spiro atoms. The van der Waals surface area contributed by atoms with E-state index in [0.29, 0.717) is 12.0 Å². The van der Waals surface area contributed by atoms with Crippen molar-refractivity contribution >= 4 is 11.8 Å². The molecule has 0 radical (unpaired) electrons. The van der Waals surface area contributed by atoms with Crippen LogP contribution < -0.4 is 10.9 Å². The van der Waals surface area contributed by atoms with Gasteiger partial charge in [0.05, 0.1) is 0 Å². The quantitative estimate of drug-likeness (QED) is 0.818. The van der Waals surface area contributed by atoms with Gasteiger partial charge in [-0.15, -0.1) is 0 Å². The van der Waals surface area contributed by atoms with Gasteiger partial charge in [-0.2, -0.15) is 0 Å². The number of amides is 2. The van der Waals surface area contributed by atoms with E-state index in [-0.39, 0.29) is 17.2 Å². The molecule has 2 amide bonds. The number of benzene rings is 1. The molecule has 5 aliphatic rings. The summed E-state index contributed by atoms with van der Waals surface area (Å²) in [6, 6.07) is 5.89. The van der Waals surface area contributed by atoms with Crippen LogP contribution in [-0.2, 0) is 17.6 Å². The van der Waals surface area contributed by atoms with E-state index in [1.54, 1.807) is 0 Å². The minimum atomic E-state index is -0.210. The maximum Gasteiger partial charge on any atom is 0.269 e. The van der Waals surface area contributed by atoms with Gasteiger partial charge in [0.2, 0.25) is 5.91 Å². The molecule has 5 aliphatic carbocycles. The molecule has 6 rings (SSSR count). The molecular weight excluding hydrogens is 324 g/mol. The number of carbonyl (C=O) groups excluding carboxylic acids is 2. The van der Waals surface area contributed by atoms with Gasteiger partial charge in [0.1, 0.15) is 0 Å². The molecule has 0 atom stereocenters. The van der Waals surface area contributed by atoms with Crippen molar-refractivity contribution in [3.05, 3.63) is 34.9 Å². The summed E-state index contributed by atoms with van der Waals surface area (Å²) in [5.74, 6) is 2.29. The molecule has 0 heterocycles. The number of fused-ring (bicyclic) bond motifs is 1. The average Bonchev–Trinajstić information content (AvgIpc) is 3.05. The Morgan fingerprint density at radius 3 is 2.27 bits per heavy atom. The van der Waals surface area contributed by atoms with Crippen LogP contribution in [0.1, 0.15) is 72.9 Å². The molecule has 0 aliphatic heterocycles. The summed E-state index contributed by atoms with van der Waals surface area (Å²) in [5.41, 5.74) is 8.79. The van der Waals surface area contributed by atoms with Crippen molar-refractivity contribution in [1.29, 1.82) is 0 Å². The Hall–Kier alpha value is -1.84. The molecule has 1 aromatic carbocycles. The van der Waals surface area contributed by atoms with E-state index in [0.717, 1.165) is 30.6 Å². The molecule has 4 heteroatoms. The number of hydrazine groups is 1. The Labute approximate surface area is 155 Å². The summed E-state index contributed by atoms with van der Waals surface area (Å²) in [7, 11) is 0. The van der Waals surface area contributed by atoms with Gasteiger partial charge in [0.25, 0.3) is 5.91 Å². The highest BCUT2D eigenvalue weighted by Crippen LogP contribution is 2.61. The first-order valence-corrected chi connectivity index (χ1v) is 10.3. The zero-order chi connectivity index (χ0) is 17.7. The standard InChI is InChI=1S/C22H28N2O2/c25-20(13-22-10-14-6-15(11-22)8-16(7-14)12-22)23-24-21(26)19-5-4-17-2-1-3-18(17)9-19/h4-5,9,14-16H,1-3,6-8,10-13H2,(H,23,25)(H,24,26). The van der Waals surface area contributed by atoms with E-state index < -0.39 is 0 Å². The van der Waals surface area contributed by atoms with Gasteiger partial charge in [-0.05, 0) is 104 Å². The first-order valence-electron chi connectivity index (χ1n) is 10.3. The first-order chi connectivity index (χ1) is 12.6. The van der Waals surface area contributed by atoms with Crippen LogP contribution in [-0.4, -0.2) is 11.8 Å². The van der Waals surface area contributed by atoms with E-state index in [4.69, 9.17) is 0 Å². The predicted molar refractivity (Wildman–Crippen MR) is 99.3 cm³/mol. The van der Waals surface area contributed by atoms with Crippen molar-refractivity contribution in [3.63, 3.8) is 0 Å². The summed E-state index contributed by atoms with van der Waals surface area (Å²) in [6.45, 7) is 0. The van der Waals surface area contributed by atoms with Gasteiger partial charge >= 0.3 is 0 Å². The molecule has 138 valence electrons. The zero-order valence-corrected chi connectivity index (χ0v) is 15.4. The van der Waals surface area contributed by atoms with Crippen LogP contribution in [0.4, 0.5) is 0 Å². The third-order valence-electron chi connectivity index (χ3n) is 7.38. The lowest BCUT2D eigenvalue weighted by molar-refractivity contribution is -0.130. The van der Waals surface area contributed by atoms with E-state index in [2.05, 4.69) is 16.9 Å². The van der Waals surface area contributed by atoms with Gasteiger partial charge in [-0.25, -0.2) is 0 Å². The molecule has 1 aromatic rings. The Bertz CT molecular complexity index is 719. The van der Waals surface area contributed by atoms with Crippen LogP contribution in [0.15, 0.2) is 18.2 Å². The molecule has 4 bridgehead atoms. The second-order valence-electron chi connectivity index (χ2n) is 9.43. The highest BCUT2D eigenvalue weighted by molar-refractivity contribution is 5.95. The summed E-state index contributed by atoms with van der Waals surface area (Å²) in [6.07, 6.45) is 11.7. The molecule has 0 saturated heterocycles. The minimum Gasteiger partial charge on any atom is -0.273 e. The Kier molecular flexibility index (Phi) is 3.84. The van der Waals surface area contributed by atoms with Crippen LogP contribution in [0.3, 0.4) is 0 Å². The van der Waals surface area contributed by atoms with Crippen LogP contribution in [0.2, 0.25) is 0 Å². The molecule has 4 fully saturated rings. The zero-order valence-electron chi connectivity index (χ0n) is 15.4.